The molecule has 1 rings (SSSR count). The third-order valence-electron chi connectivity index (χ3n) is 2.82. The Morgan fingerprint density at radius 1 is 1.43 bits per heavy atom. The smallest absolute Gasteiger partial charge is 0.240 e. The van der Waals surface area contributed by atoms with Crippen molar-refractivity contribution in [2.45, 2.75) is 17.4 Å². The highest BCUT2D eigenvalue weighted by Gasteiger charge is 2.25. The summed E-state index contributed by atoms with van der Waals surface area (Å²) in [5.41, 5.74) is 4.84. The second-order valence-electron chi connectivity index (χ2n) is 5.46. The normalized spacial score (nSPS) is 15.0. The second-order valence-corrected chi connectivity index (χ2v) is 7.23. The first-order chi connectivity index (χ1) is 9.57. The largest absolute Gasteiger partial charge is 0.495 e. The topological polar surface area (TPSA) is 105 Å². The molecule has 1 atom stereocenters. The summed E-state index contributed by atoms with van der Waals surface area (Å²) in [4.78, 5) is 1.81. The number of nitrogens with one attached hydrogen (secondary N) is 1. The molecule has 21 heavy (non-hydrogen) atoms. The average Bonchev–Trinajstić information content (AvgIpc) is 2.35. The van der Waals surface area contributed by atoms with Gasteiger partial charge in [-0.25, -0.2) is 13.1 Å². The number of hydrogen-bond acceptors (Lipinski definition) is 6. The van der Waals surface area contributed by atoms with Gasteiger partial charge in [-0.15, -0.1) is 0 Å². The van der Waals surface area contributed by atoms with Gasteiger partial charge in [-0.2, -0.15) is 0 Å². The molecule has 0 saturated carbocycles. The Kier molecular flexibility index (Phi) is 5.57. The van der Waals surface area contributed by atoms with E-state index in [0.717, 1.165) is 0 Å². The van der Waals surface area contributed by atoms with Crippen molar-refractivity contribution in [3.8, 4) is 5.75 Å². The Morgan fingerprint density at radius 2 is 2.05 bits per heavy atom. The maximum atomic E-state index is 12.2. The van der Waals surface area contributed by atoms with Gasteiger partial charge in [-0.05, 0) is 33.2 Å². The summed E-state index contributed by atoms with van der Waals surface area (Å²) in [6, 6.07) is 4.20. The number of ether oxygens (including phenoxy) is 1. The molecule has 7 nitrogen and oxygen atoms in total. The molecule has 0 fully saturated rings. The number of likely N-dealkylation sites (N-methyl/N-ethyl adjacent to an activating group) is 1. The van der Waals surface area contributed by atoms with Gasteiger partial charge >= 0.3 is 0 Å². The highest BCUT2D eigenvalue weighted by molar-refractivity contribution is 7.89. The van der Waals surface area contributed by atoms with E-state index in [9.17, 15) is 13.5 Å². The summed E-state index contributed by atoms with van der Waals surface area (Å²) in [5.74, 6) is 0.290. The van der Waals surface area contributed by atoms with Crippen LogP contribution in [0.15, 0.2) is 23.1 Å². The summed E-state index contributed by atoms with van der Waals surface area (Å²) in [5, 5.41) is 10.1. The molecule has 0 bridgehead atoms. The van der Waals surface area contributed by atoms with Gasteiger partial charge in [0.05, 0.1) is 23.3 Å². The summed E-state index contributed by atoms with van der Waals surface area (Å²) in [7, 11) is 1.27. The molecule has 0 aliphatic carbocycles. The van der Waals surface area contributed by atoms with Crippen molar-refractivity contribution < 1.29 is 18.3 Å². The third kappa shape index (κ3) is 5.16. The molecule has 0 heterocycles. The molecule has 0 radical (unpaired) electrons. The predicted molar refractivity (Wildman–Crippen MR) is 81.8 cm³/mol. The summed E-state index contributed by atoms with van der Waals surface area (Å²) in [6.45, 7) is 1.81. The number of hydrogen-bond donors (Lipinski definition) is 3. The van der Waals surface area contributed by atoms with Gasteiger partial charge < -0.3 is 20.5 Å². The molecule has 1 aromatic carbocycles. The van der Waals surface area contributed by atoms with Crippen LogP contribution in [0.25, 0.3) is 0 Å². The van der Waals surface area contributed by atoms with Gasteiger partial charge in [-0.3, -0.25) is 0 Å². The van der Waals surface area contributed by atoms with E-state index in [4.69, 9.17) is 10.5 Å². The van der Waals surface area contributed by atoms with E-state index in [1.807, 2.05) is 0 Å². The second kappa shape index (κ2) is 6.61. The first-order valence-electron chi connectivity index (χ1n) is 6.38. The SMILES string of the molecule is COc1cc(S(=O)(=O)NCC(C)(O)CN(C)C)ccc1N. The Hall–Kier alpha value is -1.35. The number of benzene rings is 1. The van der Waals surface area contributed by atoms with Gasteiger partial charge in [0.15, 0.2) is 0 Å². The number of nitrogen functional groups attached to an aromatic ring is 1. The van der Waals surface area contributed by atoms with Crippen LogP contribution in [0, 0.1) is 0 Å². The Balaban J connectivity index is 2.87. The fourth-order valence-corrected chi connectivity index (χ4v) is 3.11. The van der Waals surface area contributed by atoms with Gasteiger partial charge in [0.25, 0.3) is 0 Å². The lowest BCUT2D eigenvalue weighted by Crippen LogP contribution is -2.47. The van der Waals surface area contributed by atoms with E-state index in [2.05, 4.69) is 4.72 Å². The maximum Gasteiger partial charge on any atom is 0.240 e. The molecule has 0 saturated heterocycles. The van der Waals surface area contributed by atoms with Crippen molar-refractivity contribution in [2.24, 2.45) is 0 Å². The molecular weight excluding hydrogens is 294 g/mol. The van der Waals surface area contributed by atoms with E-state index in [0.29, 0.717) is 12.2 Å². The maximum absolute atomic E-state index is 12.2. The van der Waals surface area contributed by atoms with E-state index in [-0.39, 0.29) is 17.2 Å². The standard InChI is InChI=1S/C13H23N3O4S/c1-13(17,9-16(2)3)8-15-21(18,19)10-5-6-11(14)12(7-10)20-4/h5-7,15,17H,8-9,14H2,1-4H3. The van der Waals surface area contributed by atoms with Crippen molar-refractivity contribution in [1.82, 2.24) is 9.62 Å². The number of sulfonamides is 1. The van der Waals surface area contributed by atoms with Crippen LogP contribution in [-0.4, -0.2) is 58.3 Å². The van der Waals surface area contributed by atoms with Crippen LogP contribution in [0.1, 0.15) is 6.92 Å². The molecule has 0 spiro atoms. The van der Waals surface area contributed by atoms with Crippen LogP contribution in [-0.2, 0) is 10.0 Å². The van der Waals surface area contributed by atoms with Gasteiger partial charge in [-0.1, -0.05) is 0 Å². The third-order valence-corrected chi connectivity index (χ3v) is 4.21. The number of nitrogens with two attached hydrogens (primary N) is 1. The Labute approximate surface area is 125 Å². The fraction of sp³-hybridized carbons (Fsp3) is 0.538. The predicted octanol–water partition coefficient (Wildman–Crippen LogP) is -0.132. The molecule has 0 aliphatic rings. The number of methoxy groups -OCH3 is 1. The van der Waals surface area contributed by atoms with Crippen molar-refractivity contribution >= 4 is 15.7 Å². The molecule has 1 unspecified atom stereocenters. The Bertz CT molecular complexity index is 585. The monoisotopic (exact) mass is 317 g/mol. The lowest BCUT2D eigenvalue weighted by molar-refractivity contribution is 0.0386. The minimum absolute atomic E-state index is 0.0363. The van der Waals surface area contributed by atoms with Crippen molar-refractivity contribution in [3.63, 3.8) is 0 Å². The van der Waals surface area contributed by atoms with E-state index >= 15 is 0 Å². The van der Waals surface area contributed by atoms with Crippen LogP contribution in [0.2, 0.25) is 0 Å². The highest BCUT2D eigenvalue weighted by Crippen LogP contribution is 2.24. The number of anilines is 1. The zero-order chi connectivity index (χ0) is 16.3. The van der Waals surface area contributed by atoms with Crippen LogP contribution in [0.3, 0.4) is 0 Å². The van der Waals surface area contributed by atoms with Crippen LogP contribution in [0.5, 0.6) is 5.75 Å². The molecule has 4 N–H and O–H groups in total. The highest BCUT2D eigenvalue weighted by atomic mass is 32.2. The first-order valence-corrected chi connectivity index (χ1v) is 7.86. The first kappa shape index (κ1) is 17.7. The molecule has 0 amide bonds. The van der Waals surface area contributed by atoms with Crippen molar-refractivity contribution in [3.05, 3.63) is 18.2 Å². The zero-order valence-corrected chi connectivity index (χ0v) is 13.6. The van der Waals surface area contributed by atoms with Crippen molar-refractivity contribution in [2.75, 3.05) is 40.0 Å². The van der Waals surface area contributed by atoms with Crippen LogP contribution >= 0.6 is 0 Å². The van der Waals surface area contributed by atoms with Crippen LogP contribution < -0.4 is 15.2 Å². The minimum Gasteiger partial charge on any atom is -0.495 e. The molecular formula is C13H23N3O4S. The van der Waals surface area contributed by atoms with Gasteiger partial charge in [0.1, 0.15) is 5.75 Å². The van der Waals surface area contributed by atoms with E-state index in [1.165, 1.54) is 25.3 Å². The summed E-state index contributed by atoms with van der Waals surface area (Å²) in [6.07, 6.45) is 0. The molecule has 0 aliphatic heterocycles. The average molecular weight is 317 g/mol. The van der Waals surface area contributed by atoms with E-state index < -0.39 is 15.6 Å². The zero-order valence-electron chi connectivity index (χ0n) is 12.8. The van der Waals surface area contributed by atoms with E-state index in [1.54, 1.807) is 25.9 Å². The van der Waals surface area contributed by atoms with Gasteiger partial charge in [0, 0.05) is 19.2 Å². The number of aliphatic hydroxyl groups is 1. The Morgan fingerprint density at radius 3 is 2.57 bits per heavy atom. The summed E-state index contributed by atoms with van der Waals surface area (Å²) >= 11 is 0. The van der Waals surface area contributed by atoms with Crippen LogP contribution in [0.4, 0.5) is 5.69 Å². The molecule has 0 aromatic heterocycles. The number of rotatable bonds is 7. The lowest BCUT2D eigenvalue weighted by atomic mass is 10.1. The quantitative estimate of drug-likeness (QED) is 0.605. The molecule has 1 aromatic rings. The molecule has 120 valence electrons. The number of nitrogens with zero attached hydrogens (tertiary/aromatic N) is 1. The summed E-state index contributed by atoms with van der Waals surface area (Å²) < 4.78 is 31.8. The molecule has 8 heteroatoms. The van der Waals surface area contributed by atoms with Gasteiger partial charge in [0.2, 0.25) is 10.0 Å². The lowest BCUT2D eigenvalue weighted by Gasteiger charge is -2.27. The van der Waals surface area contributed by atoms with Crippen molar-refractivity contribution in [1.29, 1.82) is 0 Å². The minimum atomic E-state index is -3.74. The fourth-order valence-electron chi connectivity index (χ4n) is 1.93.